The SMILES string of the molecule is CCCNC(c1cc(C)c(C)cc1C)c1scnc1C. The average molecular weight is 288 g/mol. The number of thiazole rings is 1. The summed E-state index contributed by atoms with van der Waals surface area (Å²) < 4.78 is 0. The van der Waals surface area contributed by atoms with E-state index >= 15 is 0 Å². The molecule has 0 aliphatic heterocycles. The van der Waals surface area contributed by atoms with Gasteiger partial charge >= 0.3 is 0 Å². The molecule has 2 aromatic rings. The molecule has 20 heavy (non-hydrogen) atoms. The highest BCUT2D eigenvalue weighted by Crippen LogP contribution is 2.31. The van der Waals surface area contributed by atoms with Crippen molar-refractivity contribution in [2.24, 2.45) is 0 Å². The molecule has 0 aliphatic carbocycles. The van der Waals surface area contributed by atoms with Crippen LogP contribution in [0.25, 0.3) is 0 Å². The highest BCUT2D eigenvalue weighted by molar-refractivity contribution is 7.09. The second-order valence-electron chi connectivity index (χ2n) is 5.48. The number of aryl methyl sites for hydroxylation is 4. The summed E-state index contributed by atoms with van der Waals surface area (Å²) in [5.41, 5.74) is 8.55. The van der Waals surface area contributed by atoms with Crippen LogP contribution in [-0.4, -0.2) is 11.5 Å². The van der Waals surface area contributed by atoms with Crippen LogP contribution in [0.15, 0.2) is 17.6 Å². The van der Waals surface area contributed by atoms with E-state index in [2.05, 4.69) is 57.1 Å². The molecule has 0 amide bonds. The third-order valence-electron chi connectivity index (χ3n) is 3.84. The van der Waals surface area contributed by atoms with Crippen molar-refractivity contribution in [3.05, 3.63) is 50.5 Å². The Labute approximate surface area is 126 Å². The molecule has 0 fully saturated rings. The van der Waals surface area contributed by atoms with E-state index in [1.807, 2.05) is 5.51 Å². The topological polar surface area (TPSA) is 24.9 Å². The van der Waals surface area contributed by atoms with E-state index in [9.17, 15) is 0 Å². The minimum Gasteiger partial charge on any atom is -0.306 e. The molecule has 3 heteroatoms. The van der Waals surface area contributed by atoms with Gasteiger partial charge in [0.25, 0.3) is 0 Å². The molecule has 1 aromatic heterocycles. The second kappa shape index (κ2) is 6.51. The fourth-order valence-electron chi connectivity index (χ4n) is 2.51. The largest absolute Gasteiger partial charge is 0.306 e. The first-order chi connectivity index (χ1) is 9.54. The summed E-state index contributed by atoms with van der Waals surface area (Å²) in [5.74, 6) is 0. The highest BCUT2D eigenvalue weighted by Gasteiger charge is 2.20. The molecule has 1 aromatic carbocycles. The van der Waals surface area contributed by atoms with Crippen molar-refractivity contribution >= 4 is 11.3 Å². The van der Waals surface area contributed by atoms with Gasteiger partial charge in [-0.1, -0.05) is 19.1 Å². The van der Waals surface area contributed by atoms with Crippen LogP contribution < -0.4 is 5.32 Å². The maximum absolute atomic E-state index is 4.42. The Kier molecular flexibility index (Phi) is 4.95. The Hall–Kier alpha value is -1.19. The summed E-state index contributed by atoms with van der Waals surface area (Å²) in [6.07, 6.45) is 1.14. The number of rotatable bonds is 5. The molecule has 1 unspecified atom stereocenters. The lowest BCUT2D eigenvalue weighted by Crippen LogP contribution is -2.24. The second-order valence-corrected chi connectivity index (χ2v) is 6.37. The third-order valence-corrected chi connectivity index (χ3v) is 4.83. The van der Waals surface area contributed by atoms with Gasteiger partial charge in [-0.3, -0.25) is 0 Å². The van der Waals surface area contributed by atoms with Gasteiger partial charge in [-0.2, -0.15) is 0 Å². The van der Waals surface area contributed by atoms with Gasteiger partial charge in [0.1, 0.15) is 0 Å². The van der Waals surface area contributed by atoms with Gasteiger partial charge < -0.3 is 5.32 Å². The molecule has 1 heterocycles. The molecule has 2 nitrogen and oxygen atoms in total. The van der Waals surface area contributed by atoms with Gasteiger partial charge in [-0.05, 0) is 62.9 Å². The lowest BCUT2D eigenvalue weighted by atomic mass is 9.94. The predicted octanol–water partition coefficient (Wildman–Crippen LogP) is 4.47. The monoisotopic (exact) mass is 288 g/mol. The molecule has 0 bridgehead atoms. The Balaban J connectivity index is 2.46. The minimum absolute atomic E-state index is 0.266. The number of hydrogen-bond donors (Lipinski definition) is 1. The summed E-state index contributed by atoms with van der Waals surface area (Å²) >= 11 is 1.75. The van der Waals surface area contributed by atoms with Crippen LogP contribution in [0.1, 0.15) is 52.2 Å². The molecule has 1 N–H and O–H groups in total. The smallest absolute Gasteiger partial charge is 0.0798 e. The molecule has 0 saturated carbocycles. The van der Waals surface area contributed by atoms with Crippen molar-refractivity contribution in [3.8, 4) is 0 Å². The quantitative estimate of drug-likeness (QED) is 0.878. The highest BCUT2D eigenvalue weighted by atomic mass is 32.1. The molecular formula is C17H24N2S. The summed E-state index contributed by atoms with van der Waals surface area (Å²) in [5, 5.41) is 3.69. The van der Waals surface area contributed by atoms with Crippen molar-refractivity contribution in [2.45, 2.75) is 47.1 Å². The molecular weight excluding hydrogens is 264 g/mol. The maximum Gasteiger partial charge on any atom is 0.0798 e. The van der Waals surface area contributed by atoms with Crippen LogP contribution >= 0.6 is 11.3 Å². The first-order valence-electron chi connectivity index (χ1n) is 7.25. The summed E-state index contributed by atoms with van der Waals surface area (Å²) in [6.45, 7) is 11.9. The van der Waals surface area contributed by atoms with E-state index < -0.39 is 0 Å². The number of nitrogens with one attached hydrogen (secondary N) is 1. The van der Waals surface area contributed by atoms with Gasteiger partial charge in [0.2, 0.25) is 0 Å². The van der Waals surface area contributed by atoms with Gasteiger partial charge in [0.05, 0.1) is 17.2 Å². The Morgan fingerprint density at radius 3 is 2.40 bits per heavy atom. The lowest BCUT2D eigenvalue weighted by Gasteiger charge is -2.21. The van der Waals surface area contributed by atoms with Gasteiger partial charge in [-0.25, -0.2) is 4.98 Å². The van der Waals surface area contributed by atoms with Crippen LogP contribution in [0, 0.1) is 27.7 Å². The molecule has 0 spiro atoms. The van der Waals surface area contributed by atoms with Crippen molar-refractivity contribution in [1.29, 1.82) is 0 Å². The van der Waals surface area contributed by atoms with Crippen LogP contribution in [0.2, 0.25) is 0 Å². The number of hydrogen-bond acceptors (Lipinski definition) is 3. The molecule has 2 rings (SSSR count). The Bertz CT molecular complexity index is 587. The summed E-state index contributed by atoms with van der Waals surface area (Å²) in [7, 11) is 0. The Morgan fingerprint density at radius 1 is 1.10 bits per heavy atom. The Morgan fingerprint density at radius 2 is 1.80 bits per heavy atom. The van der Waals surface area contributed by atoms with E-state index in [0.717, 1.165) is 18.7 Å². The number of nitrogens with zero attached hydrogens (tertiary/aromatic N) is 1. The van der Waals surface area contributed by atoms with E-state index in [4.69, 9.17) is 0 Å². The van der Waals surface area contributed by atoms with Crippen molar-refractivity contribution < 1.29 is 0 Å². The van der Waals surface area contributed by atoms with Crippen molar-refractivity contribution in [3.63, 3.8) is 0 Å². The zero-order valence-corrected chi connectivity index (χ0v) is 13.9. The third kappa shape index (κ3) is 3.10. The fraction of sp³-hybridized carbons (Fsp3) is 0.471. The van der Waals surface area contributed by atoms with E-state index in [-0.39, 0.29) is 6.04 Å². The van der Waals surface area contributed by atoms with E-state index in [0.29, 0.717) is 0 Å². The van der Waals surface area contributed by atoms with Crippen LogP contribution in [0.5, 0.6) is 0 Å². The standard InChI is InChI=1S/C17H24N2S/c1-6-7-18-16(17-14(5)19-10-20-17)15-9-12(3)11(2)8-13(15)4/h8-10,16,18H,6-7H2,1-5H3. The summed E-state index contributed by atoms with van der Waals surface area (Å²) in [6, 6.07) is 4.89. The molecule has 0 saturated heterocycles. The molecule has 108 valence electrons. The van der Waals surface area contributed by atoms with Crippen LogP contribution in [0.3, 0.4) is 0 Å². The first-order valence-corrected chi connectivity index (χ1v) is 8.13. The number of aromatic nitrogens is 1. The van der Waals surface area contributed by atoms with Gasteiger partial charge in [-0.15, -0.1) is 11.3 Å². The van der Waals surface area contributed by atoms with Crippen molar-refractivity contribution in [2.75, 3.05) is 6.54 Å². The van der Waals surface area contributed by atoms with Crippen LogP contribution in [-0.2, 0) is 0 Å². The molecule has 1 atom stereocenters. The minimum atomic E-state index is 0.266. The number of benzene rings is 1. The van der Waals surface area contributed by atoms with E-state index in [1.165, 1.54) is 27.1 Å². The van der Waals surface area contributed by atoms with E-state index in [1.54, 1.807) is 11.3 Å². The maximum atomic E-state index is 4.42. The fourth-order valence-corrected chi connectivity index (χ4v) is 3.41. The molecule has 0 aliphatic rings. The lowest BCUT2D eigenvalue weighted by molar-refractivity contribution is 0.600. The van der Waals surface area contributed by atoms with Crippen molar-refractivity contribution in [1.82, 2.24) is 10.3 Å². The van der Waals surface area contributed by atoms with Crippen LogP contribution in [0.4, 0.5) is 0 Å². The zero-order valence-electron chi connectivity index (χ0n) is 13.1. The molecule has 0 radical (unpaired) electrons. The zero-order chi connectivity index (χ0) is 14.7. The van der Waals surface area contributed by atoms with Gasteiger partial charge in [0, 0.05) is 4.88 Å². The average Bonchev–Trinajstić information content (AvgIpc) is 2.82. The first kappa shape index (κ1) is 15.2. The van der Waals surface area contributed by atoms with Gasteiger partial charge in [0.15, 0.2) is 0 Å². The predicted molar refractivity (Wildman–Crippen MR) is 87.6 cm³/mol. The summed E-state index contributed by atoms with van der Waals surface area (Å²) in [4.78, 5) is 5.76. The normalized spacial score (nSPS) is 12.7.